The third-order valence-electron chi connectivity index (χ3n) is 2.40. The number of hydrogen-bond donors (Lipinski definition) is 1. The number of carbonyl (C=O) groups excluding carboxylic acids is 1. The van der Waals surface area contributed by atoms with E-state index in [1.165, 1.54) is 0 Å². The van der Waals surface area contributed by atoms with Crippen molar-refractivity contribution in [2.45, 2.75) is 26.7 Å². The highest BCUT2D eigenvalue weighted by Gasteiger charge is 2.34. The maximum atomic E-state index is 11.4. The smallest absolute Gasteiger partial charge is 0.166 e. The summed E-state index contributed by atoms with van der Waals surface area (Å²) in [5.74, 6) is 0.103. The van der Waals surface area contributed by atoms with Gasteiger partial charge in [-0.1, -0.05) is 13.0 Å². The average molecular weight is 154 g/mol. The highest BCUT2D eigenvalue weighted by Crippen LogP contribution is 2.31. The molecular formula is C9H14O2. The predicted molar refractivity (Wildman–Crippen MR) is 43.2 cm³/mol. The van der Waals surface area contributed by atoms with Crippen molar-refractivity contribution in [3.8, 4) is 0 Å². The first-order chi connectivity index (χ1) is 5.10. The Balaban J connectivity index is 2.88. The predicted octanol–water partition coefficient (Wildman–Crippen LogP) is 1.29. The van der Waals surface area contributed by atoms with Crippen LogP contribution in [-0.2, 0) is 4.79 Å². The quantitative estimate of drug-likeness (QED) is 0.618. The Kier molecular flexibility index (Phi) is 2.14. The molecule has 0 saturated carbocycles. The fourth-order valence-corrected chi connectivity index (χ4v) is 1.44. The van der Waals surface area contributed by atoms with Gasteiger partial charge >= 0.3 is 0 Å². The molecule has 0 aromatic carbocycles. The summed E-state index contributed by atoms with van der Waals surface area (Å²) < 4.78 is 0. The SMILES string of the molecule is CC1=CCC[C@](C)(CO)C1=O. The monoisotopic (exact) mass is 154 g/mol. The van der Waals surface area contributed by atoms with E-state index in [9.17, 15) is 4.79 Å². The summed E-state index contributed by atoms with van der Waals surface area (Å²) in [6.07, 6.45) is 3.63. The van der Waals surface area contributed by atoms with Gasteiger partial charge in [0.25, 0.3) is 0 Å². The maximum Gasteiger partial charge on any atom is 0.166 e. The molecule has 0 unspecified atom stereocenters. The number of Topliss-reactive ketones (excluding diaryl/α,β-unsaturated/α-hetero) is 1. The van der Waals surface area contributed by atoms with Gasteiger partial charge in [0, 0.05) is 0 Å². The summed E-state index contributed by atoms with van der Waals surface area (Å²) in [6, 6.07) is 0. The molecule has 1 rings (SSSR count). The Morgan fingerprint density at radius 3 is 2.82 bits per heavy atom. The average Bonchev–Trinajstić information content (AvgIpc) is 2.00. The van der Waals surface area contributed by atoms with Crippen LogP contribution in [0.3, 0.4) is 0 Å². The second kappa shape index (κ2) is 2.78. The van der Waals surface area contributed by atoms with Crippen LogP contribution in [0.1, 0.15) is 26.7 Å². The van der Waals surface area contributed by atoms with Gasteiger partial charge in [-0.15, -0.1) is 0 Å². The van der Waals surface area contributed by atoms with Gasteiger partial charge in [-0.05, 0) is 25.3 Å². The van der Waals surface area contributed by atoms with E-state index in [2.05, 4.69) is 0 Å². The standard InChI is InChI=1S/C9H14O2/c1-7-4-3-5-9(2,6-10)8(7)11/h4,10H,3,5-6H2,1-2H3/t9-/m1/s1. The van der Waals surface area contributed by atoms with Crippen LogP contribution in [-0.4, -0.2) is 17.5 Å². The number of hydrogen-bond acceptors (Lipinski definition) is 2. The van der Waals surface area contributed by atoms with E-state index in [1.54, 1.807) is 0 Å². The van der Waals surface area contributed by atoms with Gasteiger partial charge in [-0.25, -0.2) is 0 Å². The number of ketones is 1. The molecule has 0 radical (unpaired) electrons. The van der Waals surface area contributed by atoms with Crippen molar-refractivity contribution < 1.29 is 9.90 Å². The van der Waals surface area contributed by atoms with Gasteiger partial charge in [0.15, 0.2) is 5.78 Å². The van der Waals surface area contributed by atoms with Crippen LogP contribution in [0.2, 0.25) is 0 Å². The lowest BCUT2D eigenvalue weighted by atomic mass is 9.75. The lowest BCUT2D eigenvalue weighted by Crippen LogP contribution is -2.34. The fraction of sp³-hybridized carbons (Fsp3) is 0.667. The van der Waals surface area contributed by atoms with Crippen molar-refractivity contribution >= 4 is 5.78 Å². The van der Waals surface area contributed by atoms with Gasteiger partial charge in [-0.2, -0.15) is 0 Å². The van der Waals surface area contributed by atoms with E-state index < -0.39 is 5.41 Å². The van der Waals surface area contributed by atoms with Crippen molar-refractivity contribution in [1.82, 2.24) is 0 Å². The molecule has 1 atom stereocenters. The lowest BCUT2D eigenvalue weighted by Gasteiger charge is -2.28. The molecule has 1 aliphatic rings. The van der Waals surface area contributed by atoms with E-state index in [0.717, 1.165) is 18.4 Å². The first kappa shape index (κ1) is 8.47. The normalized spacial score (nSPS) is 31.9. The second-order valence-electron chi connectivity index (χ2n) is 3.47. The number of allylic oxidation sites excluding steroid dienone is 2. The molecule has 0 saturated heterocycles. The molecule has 62 valence electrons. The Labute approximate surface area is 66.9 Å². The highest BCUT2D eigenvalue weighted by atomic mass is 16.3. The summed E-state index contributed by atoms with van der Waals surface area (Å²) in [4.78, 5) is 11.4. The Bertz CT molecular complexity index is 206. The van der Waals surface area contributed by atoms with Crippen LogP contribution in [0, 0.1) is 5.41 Å². The molecular weight excluding hydrogens is 140 g/mol. The van der Waals surface area contributed by atoms with E-state index in [1.807, 2.05) is 19.9 Å². The van der Waals surface area contributed by atoms with Crippen molar-refractivity contribution in [3.05, 3.63) is 11.6 Å². The van der Waals surface area contributed by atoms with Crippen LogP contribution < -0.4 is 0 Å². The second-order valence-corrected chi connectivity index (χ2v) is 3.47. The lowest BCUT2D eigenvalue weighted by molar-refractivity contribution is -0.127. The van der Waals surface area contributed by atoms with Crippen molar-refractivity contribution in [2.24, 2.45) is 5.41 Å². The molecule has 2 nitrogen and oxygen atoms in total. The zero-order chi connectivity index (χ0) is 8.48. The van der Waals surface area contributed by atoms with E-state index in [4.69, 9.17) is 5.11 Å². The molecule has 0 bridgehead atoms. The van der Waals surface area contributed by atoms with Gasteiger partial charge < -0.3 is 5.11 Å². The van der Waals surface area contributed by atoms with Crippen LogP contribution in [0.25, 0.3) is 0 Å². The summed E-state index contributed by atoms with van der Waals surface area (Å²) in [7, 11) is 0. The van der Waals surface area contributed by atoms with Gasteiger partial charge in [0.2, 0.25) is 0 Å². The summed E-state index contributed by atoms with van der Waals surface area (Å²) in [6.45, 7) is 3.61. The van der Waals surface area contributed by atoms with Crippen molar-refractivity contribution in [2.75, 3.05) is 6.61 Å². The van der Waals surface area contributed by atoms with Gasteiger partial charge in [-0.3, -0.25) is 4.79 Å². The minimum Gasteiger partial charge on any atom is -0.395 e. The molecule has 0 amide bonds. The van der Waals surface area contributed by atoms with Crippen LogP contribution >= 0.6 is 0 Å². The number of carbonyl (C=O) groups is 1. The summed E-state index contributed by atoms with van der Waals surface area (Å²) in [5, 5.41) is 8.99. The maximum absolute atomic E-state index is 11.4. The fourth-order valence-electron chi connectivity index (χ4n) is 1.44. The molecule has 0 aliphatic heterocycles. The molecule has 2 heteroatoms. The Morgan fingerprint density at radius 1 is 1.73 bits per heavy atom. The molecule has 1 aliphatic carbocycles. The molecule has 0 fully saturated rings. The molecule has 11 heavy (non-hydrogen) atoms. The summed E-state index contributed by atoms with van der Waals surface area (Å²) in [5.41, 5.74) is 0.298. The Morgan fingerprint density at radius 2 is 2.36 bits per heavy atom. The van der Waals surface area contributed by atoms with Gasteiger partial charge in [0.1, 0.15) is 0 Å². The minimum absolute atomic E-state index is 0.0307. The highest BCUT2D eigenvalue weighted by molar-refractivity contribution is 5.99. The molecule has 1 N–H and O–H groups in total. The Hall–Kier alpha value is -0.630. The van der Waals surface area contributed by atoms with E-state index in [-0.39, 0.29) is 12.4 Å². The molecule has 0 aromatic heterocycles. The third-order valence-corrected chi connectivity index (χ3v) is 2.40. The molecule has 0 aromatic rings. The zero-order valence-corrected chi connectivity index (χ0v) is 7.05. The molecule has 0 spiro atoms. The van der Waals surface area contributed by atoms with Crippen molar-refractivity contribution in [3.63, 3.8) is 0 Å². The van der Waals surface area contributed by atoms with E-state index >= 15 is 0 Å². The summed E-state index contributed by atoms with van der Waals surface area (Å²) >= 11 is 0. The first-order valence-corrected chi connectivity index (χ1v) is 3.92. The first-order valence-electron chi connectivity index (χ1n) is 3.92. The zero-order valence-electron chi connectivity index (χ0n) is 7.05. The van der Waals surface area contributed by atoms with Crippen LogP contribution in [0.5, 0.6) is 0 Å². The van der Waals surface area contributed by atoms with Crippen molar-refractivity contribution in [1.29, 1.82) is 0 Å². The van der Waals surface area contributed by atoms with Gasteiger partial charge in [0.05, 0.1) is 12.0 Å². The van der Waals surface area contributed by atoms with Crippen LogP contribution in [0.4, 0.5) is 0 Å². The van der Waals surface area contributed by atoms with E-state index in [0.29, 0.717) is 0 Å². The number of rotatable bonds is 1. The number of aliphatic hydroxyl groups excluding tert-OH is 1. The largest absolute Gasteiger partial charge is 0.395 e. The third kappa shape index (κ3) is 1.36. The minimum atomic E-state index is -0.501. The van der Waals surface area contributed by atoms with Crippen LogP contribution in [0.15, 0.2) is 11.6 Å². The molecule has 0 heterocycles. The topological polar surface area (TPSA) is 37.3 Å². The number of aliphatic hydroxyl groups is 1.